The standard InChI is InChI=1S/C7H14N2O/c1-8(2)9-3-4-10-7-5-6(7)9/h6-7H,3-5H2,1-2H3. The quantitative estimate of drug-likeness (QED) is 0.510. The van der Waals surface area contributed by atoms with E-state index in [-0.39, 0.29) is 0 Å². The summed E-state index contributed by atoms with van der Waals surface area (Å²) in [4.78, 5) is 0. The van der Waals surface area contributed by atoms with Crippen LogP contribution in [0.3, 0.4) is 0 Å². The number of rotatable bonds is 1. The lowest BCUT2D eigenvalue weighted by molar-refractivity contribution is -0.0648. The largest absolute Gasteiger partial charge is 0.375 e. The highest BCUT2D eigenvalue weighted by atomic mass is 16.5. The first-order valence-electron chi connectivity index (χ1n) is 3.84. The smallest absolute Gasteiger partial charge is 0.0762 e. The highest BCUT2D eigenvalue weighted by Crippen LogP contribution is 2.34. The maximum absolute atomic E-state index is 5.46. The van der Waals surface area contributed by atoms with Crippen molar-refractivity contribution in [2.45, 2.75) is 18.6 Å². The van der Waals surface area contributed by atoms with E-state index in [4.69, 9.17) is 4.74 Å². The van der Waals surface area contributed by atoms with E-state index in [0.29, 0.717) is 12.1 Å². The summed E-state index contributed by atoms with van der Waals surface area (Å²) < 4.78 is 5.46. The fraction of sp³-hybridized carbons (Fsp3) is 1.00. The predicted molar refractivity (Wildman–Crippen MR) is 38.5 cm³/mol. The molecular weight excluding hydrogens is 128 g/mol. The van der Waals surface area contributed by atoms with Crippen molar-refractivity contribution in [2.24, 2.45) is 0 Å². The van der Waals surface area contributed by atoms with Gasteiger partial charge in [0.25, 0.3) is 0 Å². The van der Waals surface area contributed by atoms with Gasteiger partial charge in [0.05, 0.1) is 18.8 Å². The van der Waals surface area contributed by atoms with Crippen molar-refractivity contribution < 1.29 is 4.74 Å². The number of hydrogen-bond donors (Lipinski definition) is 0. The monoisotopic (exact) mass is 142 g/mol. The zero-order valence-corrected chi connectivity index (χ0v) is 6.58. The van der Waals surface area contributed by atoms with Gasteiger partial charge in [-0.05, 0) is 6.42 Å². The minimum atomic E-state index is 0.552. The van der Waals surface area contributed by atoms with E-state index in [0.717, 1.165) is 13.2 Å². The Hall–Kier alpha value is -0.120. The molecule has 2 rings (SSSR count). The molecule has 0 aromatic rings. The molecule has 2 unspecified atom stereocenters. The molecule has 0 amide bonds. The summed E-state index contributed by atoms with van der Waals surface area (Å²) in [6.07, 6.45) is 1.79. The molecule has 1 saturated carbocycles. The first-order valence-corrected chi connectivity index (χ1v) is 3.84. The summed E-state index contributed by atoms with van der Waals surface area (Å²) in [5.74, 6) is 0. The molecular formula is C7H14N2O. The Bertz CT molecular complexity index is 138. The molecule has 1 heterocycles. The molecule has 0 aromatic carbocycles. The molecule has 3 heteroatoms. The van der Waals surface area contributed by atoms with Gasteiger partial charge in [-0.3, -0.25) is 0 Å². The van der Waals surface area contributed by atoms with E-state index >= 15 is 0 Å². The van der Waals surface area contributed by atoms with E-state index in [9.17, 15) is 0 Å². The molecule has 1 aliphatic heterocycles. The first-order chi connectivity index (χ1) is 4.79. The Labute approximate surface area is 61.5 Å². The second kappa shape index (κ2) is 2.19. The number of nitrogens with zero attached hydrogens (tertiary/aromatic N) is 2. The van der Waals surface area contributed by atoms with Crippen LogP contribution in [0.25, 0.3) is 0 Å². The topological polar surface area (TPSA) is 15.7 Å². The Balaban J connectivity index is 1.96. The number of ether oxygens (including phenoxy) is 1. The molecule has 0 bridgehead atoms. The molecule has 2 aliphatic rings. The molecule has 0 aromatic heterocycles. The van der Waals surface area contributed by atoms with Gasteiger partial charge >= 0.3 is 0 Å². The van der Waals surface area contributed by atoms with Crippen LogP contribution in [0.2, 0.25) is 0 Å². The van der Waals surface area contributed by atoms with E-state index in [1.807, 2.05) is 0 Å². The number of hydrogen-bond acceptors (Lipinski definition) is 3. The lowest BCUT2D eigenvalue weighted by atomic mass is 10.5. The normalized spacial score (nSPS) is 39.9. The summed E-state index contributed by atoms with van der Waals surface area (Å²) >= 11 is 0. The summed E-state index contributed by atoms with van der Waals surface area (Å²) in [6.45, 7) is 1.97. The summed E-state index contributed by atoms with van der Waals surface area (Å²) in [7, 11) is 4.20. The fourth-order valence-corrected chi connectivity index (χ4v) is 1.61. The summed E-state index contributed by atoms with van der Waals surface area (Å²) in [5, 5.41) is 4.56. The Morgan fingerprint density at radius 3 is 2.90 bits per heavy atom. The minimum Gasteiger partial charge on any atom is -0.375 e. The first kappa shape index (κ1) is 6.58. The van der Waals surface area contributed by atoms with E-state index < -0.39 is 0 Å². The van der Waals surface area contributed by atoms with Gasteiger partial charge in [0.15, 0.2) is 0 Å². The molecule has 2 atom stereocenters. The number of fused-ring (bicyclic) bond motifs is 1. The van der Waals surface area contributed by atoms with E-state index in [1.54, 1.807) is 0 Å². The molecule has 0 spiro atoms. The van der Waals surface area contributed by atoms with Gasteiger partial charge in [0.1, 0.15) is 0 Å². The van der Waals surface area contributed by atoms with Crippen LogP contribution in [0.15, 0.2) is 0 Å². The van der Waals surface area contributed by atoms with Gasteiger partial charge in [0.2, 0.25) is 0 Å². The van der Waals surface area contributed by atoms with Gasteiger partial charge < -0.3 is 4.74 Å². The highest BCUT2D eigenvalue weighted by Gasteiger charge is 2.46. The van der Waals surface area contributed by atoms with Gasteiger partial charge in [0, 0.05) is 20.6 Å². The molecule has 1 aliphatic carbocycles. The average molecular weight is 142 g/mol. The molecule has 3 nitrogen and oxygen atoms in total. The lowest BCUT2D eigenvalue weighted by Gasteiger charge is -2.31. The van der Waals surface area contributed by atoms with E-state index in [2.05, 4.69) is 24.1 Å². The third kappa shape index (κ3) is 0.944. The van der Waals surface area contributed by atoms with Crippen molar-refractivity contribution in [3.05, 3.63) is 0 Å². The van der Waals surface area contributed by atoms with Crippen LogP contribution in [0.5, 0.6) is 0 Å². The highest BCUT2D eigenvalue weighted by molar-refractivity contribution is 4.97. The SMILES string of the molecule is CN(C)N1CCOC2CC21. The predicted octanol–water partition coefficient (Wildman–Crippen LogP) is -0.0639. The lowest BCUT2D eigenvalue weighted by Crippen LogP contribution is -2.45. The van der Waals surface area contributed by atoms with Gasteiger partial charge in [-0.2, -0.15) is 0 Å². The third-order valence-corrected chi connectivity index (χ3v) is 2.25. The van der Waals surface area contributed by atoms with Crippen molar-refractivity contribution in [2.75, 3.05) is 27.2 Å². The zero-order valence-electron chi connectivity index (χ0n) is 6.58. The van der Waals surface area contributed by atoms with Crippen LogP contribution >= 0.6 is 0 Å². The second-order valence-electron chi connectivity index (χ2n) is 3.22. The molecule has 1 saturated heterocycles. The van der Waals surface area contributed by atoms with Gasteiger partial charge in [-0.1, -0.05) is 0 Å². The minimum absolute atomic E-state index is 0.552. The molecule has 10 heavy (non-hydrogen) atoms. The zero-order chi connectivity index (χ0) is 7.14. The molecule has 0 radical (unpaired) electrons. The van der Waals surface area contributed by atoms with Crippen molar-refractivity contribution in [3.63, 3.8) is 0 Å². The fourth-order valence-electron chi connectivity index (χ4n) is 1.61. The molecule has 0 N–H and O–H groups in total. The van der Waals surface area contributed by atoms with Crippen LogP contribution in [-0.2, 0) is 4.74 Å². The van der Waals surface area contributed by atoms with Crippen LogP contribution in [-0.4, -0.2) is 49.4 Å². The van der Waals surface area contributed by atoms with Crippen LogP contribution in [0.1, 0.15) is 6.42 Å². The number of morpholine rings is 1. The maximum Gasteiger partial charge on any atom is 0.0762 e. The average Bonchev–Trinajstić information content (AvgIpc) is 2.63. The third-order valence-electron chi connectivity index (χ3n) is 2.25. The number of hydrazine groups is 1. The Kier molecular flexibility index (Phi) is 1.44. The van der Waals surface area contributed by atoms with Gasteiger partial charge in [-0.15, -0.1) is 0 Å². The second-order valence-corrected chi connectivity index (χ2v) is 3.22. The Morgan fingerprint density at radius 2 is 2.30 bits per heavy atom. The van der Waals surface area contributed by atoms with Crippen LogP contribution < -0.4 is 0 Å². The van der Waals surface area contributed by atoms with Crippen molar-refractivity contribution in [3.8, 4) is 0 Å². The van der Waals surface area contributed by atoms with Crippen molar-refractivity contribution in [1.82, 2.24) is 10.0 Å². The van der Waals surface area contributed by atoms with Crippen molar-refractivity contribution >= 4 is 0 Å². The molecule has 2 fully saturated rings. The molecule has 58 valence electrons. The maximum atomic E-state index is 5.46. The van der Waals surface area contributed by atoms with Gasteiger partial charge in [-0.25, -0.2) is 10.0 Å². The summed E-state index contributed by atoms with van der Waals surface area (Å²) in [5.41, 5.74) is 0. The Morgan fingerprint density at radius 1 is 1.50 bits per heavy atom. The van der Waals surface area contributed by atoms with E-state index in [1.165, 1.54) is 6.42 Å². The van der Waals surface area contributed by atoms with Crippen LogP contribution in [0, 0.1) is 0 Å². The summed E-state index contributed by atoms with van der Waals surface area (Å²) in [6, 6.07) is 0.698. The van der Waals surface area contributed by atoms with Crippen LogP contribution in [0.4, 0.5) is 0 Å². The van der Waals surface area contributed by atoms with Crippen molar-refractivity contribution in [1.29, 1.82) is 0 Å².